The summed E-state index contributed by atoms with van der Waals surface area (Å²) < 4.78 is 0. The van der Waals surface area contributed by atoms with E-state index in [-0.39, 0.29) is 12.3 Å². The van der Waals surface area contributed by atoms with E-state index in [1.807, 2.05) is 17.0 Å². The van der Waals surface area contributed by atoms with Gasteiger partial charge in [-0.2, -0.15) is 0 Å². The Labute approximate surface area is 100 Å². The first-order valence-electron chi connectivity index (χ1n) is 5.85. The average molecular weight is 235 g/mol. The van der Waals surface area contributed by atoms with E-state index < -0.39 is 5.97 Å². The maximum absolute atomic E-state index is 10.8. The first-order valence-corrected chi connectivity index (χ1v) is 5.85. The fourth-order valence-electron chi connectivity index (χ4n) is 1.90. The van der Waals surface area contributed by atoms with Crippen LogP contribution in [-0.4, -0.2) is 34.2 Å². The Morgan fingerprint density at radius 3 is 2.47 bits per heavy atom. The number of hydrogen-bond donors (Lipinski definition) is 2. The Hall–Kier alpha value is -1.55. The van der Waals surface area contributed by atoms with Crippen LogP contribution < -0.4 is 0 Å². The summed E-state index contributed by atoms with van der Waals surface area (Å²) >= 11 is 0. The number of rotatable bonds is 6. The Kier molecular flexibility index (Phi) is 3.64. The molecule has 17 heavy (non-hydrogen) atoms. The summed E-state index contributed by atoms with van der Waals surface area (Å²) in [7, 11) is 0. The molecule has 0 atom stereocenters. The van der Waals surface area contributed by atoms with Gasteiger partial charge in [0.25, 0.3) is 0 Å². The van der Waals surface area contributed by atoms with Crippen molar-refractivity contribution in [3.8, 4) is 5.75 Å². The Morgan fingerprint density at radius 1 is 1.29 bits per heavy atom. The molecule has 2 rings (SSSR count). The van der Waals surface area contributed by atoms with Gasteiger partial charge in [-0.05, 0) is 36.5 Å². The first-order chi connectivity index (χ1) is 8.13. The molecule has 0 unspecified atom stereocenters. The van der Waals surface area contributed by atoms with E-state index in [2.05, 4.69) is 0 Å². The van der Waals surface area contributed by atoms with Crippen molar-refractivity contribution in [1.82, 2.24) is 4.90 Å². The summed E-state index contributed by atoms with van der Waals surface area (Å²) in [5.74, 6) is 0.122. The second-order valence-corrected chi connectivity index (χ2v) is 4.67. The zero-order valence-corrected chi connectivity index (χ0v) is 9.67. The number of aliphatic carboxylic acids is 1. The molecule has 92 valence electrons. The van der Waals surface area contributed by atoms with Crippen molar-refractivity contribution in [2.75, 3.05) is 13.1 Å². The SMILES string of the molecule is O=C(O)CN(Cc1ccc(O)cc1)CC1CC1. The van der Waals surface area contributed by atoms with Crippen molar-refractivity contribution < 1.29 is 15.0 Å². The Bertz CT molecular complexity index is 384. The van der Waals surface area contributed by atoms with Gasteiger partial charge in [-0.15, -0.1) is 0 Å². The van der Waals surface area contributed by atoms with Crippen LogP contribution in [0.4, 0.5) is 0 Å². The molecule has 1 aliphatic carbocycles. The lowest BCUT2D eigenvalue weighted by molar-refractivity contribution is -0.138. The predicted molar refractivity (Wildman–Crippen MR) is 63.7 cm³/mol. The molecule has 0 saturated heterocycles. The van der Waals surface area contributed by atoms with Crippen molar-refractivity contribution >= 4 is 5.97 Å². The third kappa shape index (κ3) is 4.07. The number of aromatic hydroxyl groups is 1. The van der Waals surface area contributed by atoms with Crippen LogP contribution in [0.5, 0.6) is 5.75 Å². The molecular formula is C13H17NO3. The van der Waals surface area contributed by atoms with Crippen LogP contribution in [0.1, 0.15) is 18.4 Å². The molecule has 0 heterocycles. The van der Waals surface area contributed by atoms with Gasteiger partial charge < -0.3 is 10.2 Å². The van der Waals surface area contributed by atoms with E-state index in [9.17, 15) is 9.90 Å². The highest BCUT2D eigenvalue weighted by Crippen LogP contribution is 2.30. The summed E-state index contributed by atoms with van der Waals surface area (Å²) in [5.41, 5.74) is 1.03. The summed E-state index contributed by atoms with van der Waals surface area (Å²) in [6, 6.07) is 6.92. The molecule has 0 aliphatic heterocycles. The van der Waals surface area contributed by atoms with Crippen LogP contribution in [0.15, 0.2) is 24.3 Å². The number of carboxylic acids is 1. The van der Waals surface area contributed by atoms with Gasteiger partial charge in [-0.1, -0.05) is 12.1 Å². The highest BCUT2D eigenvalue weighted by molar-refractivity contribution is 5.69. The molecule has 4 heteroatoms. The van der Waals surface area contributed by atoms with Crippen molar-refractivity contribution in [1.29, 1.82) is 0 Å². The van der Waals surface area contributed by atoms with E-state index in [4.69, 9.17) is 5.11 Å². The predicted octanol–water partition coefficient (Wildman–Crippen LogP) is 1.69. The smallest absolute Gasteiger partial charge is 0.317 e. The molecule has 2 N–H and O–H groups in total. The summed E-state index contributed by atoms with van der Waals surface area (Å²) in [6.07, 6.45) is 2.43. The van der Waals surface area contributed by atoms with E-state index in [0.29, 0.717) is 12.5 Å². The van der Waals surface area contributed by atoms with Crippen molar-refractivity contribution in [2.45, 2.75) is 19.4 Å². The number of phenols is 1. The fraction of sp³-hybridized carbons (Fsp3) is 0.462. The maximum Gasteiger partial charge on any atom is 0.317 e. The minimum atomic E-state index is -0.788. The fourth-order valence-corrected chi connectivity index (χ4v) is 1.90. The largest absolute Gasteiger partial charge is 0.508 e. The second kappa shape index (κ2) is 5.19. The van der Waals surface area contributed by atoms with E-state index in [1.54, 1.807) is 12.1 Å². The number of carbonyl (C=O) groups is 1. The van der Waals surface area contributed by atoms with Gasteiger partial charge in [0, 0.05) is 13.1 Å². The average Bonchev–Trinajstić information content (AvgIpc) is 3.04. The number of nitrogens with zero attached hydrogens (tertiary/aromatic N) is 1. The van der Waals surface area contributed by atoms with E-state index in [0.717, 1.165) is 12.1 Å². The Morgan fingerprint density at radius 2 is 1.94 bits per heavy atom. The van der Waals surface area contributed by atoms with Crippen molar-refractivity contribution in [3.63, 3.8) is 0 Å². The van der Waals surface area contributed by atoms with Crippen LogP contribution in [0.2, 0.25) is 0 Å². The molecule has 0 radical (unpaired) electrons. The van der Waals surface area contributed by atoms with E-state index >= 15 is 0 Å². The number of phenolic OH excluding ortho intramolecular Hbond substituents is 1. The van der Waals surface area contributed by atoms with Gasteiger partial charge in [0.1, 0.15) is 5.75 Å². The third-order valence-electron chi connectivity index (χ3n) is 2.91. The quantitative estimate of drug-likeness (QED) is 0.787. The zero-order chi connectivity index (χ0) is 12.3. The number of benzene rings is 1. The molecule has 1 saturated carbocycles. The summed E-state index contributed by atoms with van der Waals surface area (Å²) in [5, 5.41) is 18.0. The minimum absolute atomic E-state index is 0.0807. The van der Waals surface area contributed by atoms with E-state index in [1.165, 1.54) is 12.8 Å². The Balaban J connectivity index is 1.94. The lowest BCUT2D eigenvalue weighted by Crippen LogP contribution is -2.31. The summed E-state index contributed by atoms with van der Waals surface area (Å²) in [6.45, 7) is 1.56. The van der Waals surface area contributed by atoms with Gasteiger partial charge in [-0.3, -0.25) is 9.69 Å². The molecule has 1 aromatic carbocycles. The van der Waals surface area contributed by atoms with Crippen LogP contribution in [-0.2, 0) is 11.3 Å². The van der Waals surface area contributed by atoms with Crippen LogP contribution in [0.25, 0.3) is 0 Å². The van der Waals surface area contributed by atoms with Gasteiger partial charge in [0.05, 0.1) is 6.54 Å². The van der Waals surface area contributed by atoms with Crippen molar-refractivity contribution in [3.05, 3.63) is 29.8 Å². The van der Waals surface area contributed by atoms with Gasteiger partial charge in [0.15, 0.2) is 0 Å². The molecule has 1 aromatic rings. The molecule has 0 bridgehead atoms. The lowest BCUT2D eigenvalue weighted by atomic mass is 10.2. The maximum atomic E-state index is 10.8. The standard InChI is InChI=1S/C13H17NO3/c15-12-5-3-11(4-6-12)8-14(9-13(16)17)7-10-1-2-10/h3-6,10,15H,1-2,7-9H2,(H,16,17). The molecular weight excluding hydrogens is 218 g/mol. The highest BCUT2D eigenvalue weighted by Gasteiger charge is 2.25. The lowest BCUT2D eigenvalue weighted by Gasteiger charge is -2.20. The minimum Gasteiger partial charge on any atom is -0.508 e. The van der Waals surface area contributed by atoms with Crippen molar-refractivity contribution in [2.24, 2.45) is 5.92 Å². The first kappa shape index (κ1) is 11.9. The van der Waals surface area contributed by atoms with Gasteiger partial charge >= 0.3 is 5.97 Å². The van der Waals surface area contributed by atoms with Gasteiger partial charge in [0.2, 0.25) is 0 Å². The topological polar surface area (TPSA) is 60.8 Å². The third-order valence-corrected chi connectivity index (χ3v) is 2.91. The zero-order valence-electron chi connectivity index (χ0n) is 9.67. The van der Waals surface area contributed by atoms with Crippen LogP contribution in [0.3, 0.4) is 0 Å². The monoisotopic (exact) mass is 235 g/mol. The molecule has 1 aliphatic rings. The number of carboxylic acid groups (broad SMARTS) is 1. The molecule has 0 spiro atoms. The molecule has 0 amide bonds. The van der Waals surface area contributed by atoms with Crippen LogP contribution in [0, 0.1) is 5.92 Å². The van der Waals surface area contributed by atoms with Gasteiger partial charge in [-0.25, -0.2) is 0 Å². The normalized spacial score (nSPS) is 15.1. The second-order valence-electron chi connectivity index (χ2n) is 4.67. The molecule has 1 fully saturated rings. The molecule has 0 aromatic heterocycles. The van der Waals surface area contributed by atoms with Crippen LogP contribution >= 0.6 is 0 Å². The molecule has 4 nitrogen and oxygen atoms in total. The highest BCUT2D eigenvalue weighted by atomic mass is 16.4. The summed E-state index contributed by atoms with van der Waals surface area (Å²) in [4.78, 5) is 12.7. The number of hydrogen-bond acceptors (Lipinski definition) is 3.